The van der Waals surface area contributed by atoms with Crippen molar-refractivity contribution in [3.05, 3.63) is 28.2 Å². The van der Waals surface area contributed by atoms with Crippen LogP contribution in [0.15, 0.2) is 22.7 Å². The highest BCUT2D eigenvalue weighted by molar-refractivity contribution is 9.10. The fourth-order valence-electron chi connectivity index (χ4n) is 2.27. The van der Waals surface area contributed by atoms with E-state index >= 15 is 0 Å². The first-order chi connectivity index (χ1) is 9.63. The molecular weight excluding hydrogens is 320 g/mol. The lowest BCUT2D eigenvalue weighted by atomic mass is 10.1. The fraction of sp³-hybridized carbons (Fsp3) is 0.533. The van der Waals surface area contributed by atoms with Crippen molar-refractivity contribution in [3.8, 4) is 5.75 Å². The molecule has 0 heterocycles. The molecule has 0 saturated heterocycles. The Hall–Kier alpha value is -1.07. The Morgan fingerprint density at radius 3 is 2.85 bits per heavy atom. The highest BCUT2D eigenvalue weighted by Gasteiger charge is 2.30. The number of nitrogens with one attached hydrogen (secondary N) is 1. The van der Waals surface area contributed by atoms with Gasteiger partial charge in [-0.25, -0.2) is 0 Å². The van der Waals surface area contributed by atoms with Crippen molar-refractivity contribution < 1.29 is 9.53 Å². The van der Waals surface area contributed by atoms with Gasteiger partial charge in [0, 0.05) is 19.0 Å². The van der Waals surface area contributed by atoms with E-state index in [-0.39, 0.29) is 11.9 Å². The number of halogens is 1. The van der Waals surface area contributed by atoms with Gasteiger partial charge < -0.3 is 15.8 Å². The Balaban J connectivity index is 1.82. The highest BCUT2D eigenvalue weighted by Crippen LogP contribution is 2.32. The number of rotatable bonds is 7. The van der Waals surface area contributed by atoms with Crippen LogP contribution < -0.4 is 15.8 Å². The molecule has 1 aromatic carbocycles. The van der Waals surface area contributed by atoms with E-state index < -0.39 is 0 Å². The van der Waals surface area contributed by atoms with Crippen LogP contribution in [0, 0.1) is 5.92 Å². The minimum Gasteiger partial charge on any atom is -0.496 e. The summed E-state index contributed by atoms with van der Waals surface area (Å²) in [6.45, 7) is 0.532. The van der Waals surface area contributed by atoms with E-state index in [0.717, 1.165) is 22.2 Å². The van der Waals surface area contributed by atoms with Crippen LogP contribution in [0.2, 0.25) is 0 Å². The average Bonchev–Trinajstić information content (AvgIpc) is 3.27. The third-order valence-electron chi connectivity index (χ3n) is 3.65. The van der Waals surface area contributed by atoms with Crippen molar-refractivity contribution in [2.45, 2.75) is 31.7 Å². The lowest BCUT2D eigenvalue weighted by molar-refractivity contribution is -0.121. The van der Waals surface area contributed by atoms with Crippen LogP contribution in [-0.4, -0.2) is 25.6 Å². The van der Waals surface area contributed by atoms with Gasteiger partial charge in [-0.3, -0.25) is 4.79 Å². The lowest BCUT2D eigenvalue weighted by Gasteiger charge is -2.16. The summed E-state index contributed by atoms with van der Waals surface area (Å²) in [6, 6.07) is 6.04. The number of hydrogen-bond acceptors (Lipinski definition) is 3. The number of amides is 1. The molecule has 0 radical (unpaired) electrons. The van der Waals surface area contributed by atoms with Crippen LogP contribution in [0.1, 0.15) is 24.8 Å². The van der Waals surface area contributed by atoms with E-state index in [9.17, 15) is 4.79 Å². The number of carbonyl (C=O) groups is 1. The number of carbonyl (C=O) groups excluding carboxylic acids is 1. The molecule has 20 heavy (non-hydrogen) atoms. The molecule has 0 aromatic heterocycles. The first-order valence-electron chi connectivity index (χ1n) is 6.96. The second-order valence-electron chi connectivity index (χ2n) is 5.22. The molecule has 2 rings (SSSR count). The summed E-state index contributed by atoms with van der Waals surface area (Å²) in [6.07, 6.45) is 3.58. The van der Waals surface area contributed by atoms with Crippen molar-refractivity contribution in [2.24, 2.45) is 11.7 Å². The lowest BCUT2D eigenvalue weighted by Crippen LogP contribution is -2.41. The van der Waals surface area contributed by atoms with E-state index in [1.807, 2.05) is 18.2 Å². The van der Waals surface area contributed by atoms with Crippen molar-refractivity contribution >= 4 is 21.8 Å². The predicted molar refractivity (Wildman–Crippen MR) is 82.7 cm³/mol. The van der Waals surface area contributed by atoms with E-state index in [0.29, 0.717) is 18.9 Å². The first-order valence-corrected chi connectivity index (χ1v) is 7.75. The molecule has 1 saturated carbocycles. The highest BCUT2D eigenvalue weighted by atomic mass is 79.9. The van der Waals surface area contributed by atoms with Gasteiger partial charge in [0.05, 0.1) is 11.6 Å². The van der Waals surface area contributed by atoms with Gasteiger partial charge in [0.25, 0.3) is 0 Å². The molecule has 0 spiro atoms. The van der Waals surface area contributed by atoms with Gasteiger partial charge in [-0.1, -0.05) is 6.07 Å². The van der Waals surface area contributed by atoms with E-state index in [1.54, 1.807) is 7.11 Å². The van der Waals surface area contributed by atoms with E-state index in [2.05, 4.69) is 21.2 Å². The molecule has 110 valence electrons. The zero-order chi connectivity index (χ0) is 14.5. The summed E-state index contributed by atoms with van der Waals surface area (Å²) in [5, 5.41) is 3.04. The summed E-state index contributed by atoms with van der Waals surface area (Å²) in [7, 11) is 1.64. The molecule has 1 aromatic rings. The summed E-state index contributed by atoms with van der Waals surface area (Å²) in [5.74, 6) is 1.48. The maximum atomic E-state index is 11.9. The number of benzene rings is 1. The molecule has 4 nitrogen and oxygen atoms in total. The van der Waals surface area contributed by atoms with Crippen LogP contribution in [0.25, 0.3) is 0 Å². The zero-order valence-corrected chi connectivity index (χ0v) is 13.3. The van der Waals surface area contributed by atoms with Crippen LogP contribution in [0.3, 0.4) is 0 Å². The first kappa shape index (κ1) is 15.3. The Morgan fingerprint density at radius 2 is 2.30 bits per heavy atom. The number of aryl methyl sites for hydroxylation is 1. The minimum absolute atomic E-state index is 0.0827. The Labute approximate surface area is 128 Å². The maximum absolute atomic E-state index is 11.9. The van der Waals surface area contributed by atoms with Gasteiger partial charge in [-0.05, 0) is 58.8 Å². The molecular formula is C15H21BrN2O2. The fourth-order valence-corrected chi connectivity index (χ4v) is 2.86. The average molecular weight is 341 g/mol. The molecule has 1 amide bonds. The molecule has 1 aliphatic rings. The molecule has 1 fully saturated rings. The second kappa shape index (κ2) is 7.09. The monoisotopic (exact) mass is 340 g/mol. The van der Waals surface area contributed by atoms with E-state index in [1.165, 1.54) is 12.8 Å². The summed E-state index contributed by atoms with van der Waals surface area (Å²) < 4.78 is 6.10. The Bertz CT molecular complexity index is 475. The van der Waals surface area contributed by atoms with Gasteiger partial charge in [-0.2, -0.15) is 0 Å². The molecule has 0 aliphatic heterocycles. The zero-order valence-electron chi connectivity index (χ0n) is 11.7. The molecule has 5 heteroatoms. The standard InChI is InChI=1S/C15H21BrN2O2/c1-20-14-6-2-10(8-12(14)16)3-7-15(19)18-13(9-17)11-4-5-11/h2,6,8,11,13H,3-5,7,9,17H2,1H3,(H,18,19). The number of ether oxygens (including phenoxy) is 1. The van der Waals surface area contributed by atoms with Crippen molar-refractivity contribution in [1.29, 1.82) is 0 Å². The van der Waals surface area contributed by atoms with Crippen molar-refractivity contribution in [1.82, 2.24) is 5.32 Å². The molecule has 0 bridgehead atoms. The van der Waals surface area contributed by atoms with Crippen molar-refractivity contribution in [3.63, 3.8) is 0 Å². The summed E-state index contributed by atoms with van der Waals surface area (Å²) >= 11 is 3.45. The minimum atomic E-state index is 0.0827. The molecule has 1 unspecified atom stereocenters. The van der Waals surface area contributed by atoms with Crippen LogP contribution in [-0.2, 0) is 11.2 Å². The van der Waals surface area contributed by atoms with Crippen LogP contribution in [0.5, 0.6) is 5.75 Å². The molecule has 1 atom stereocenters. The summed E-state index contributed by atoms with van der Waals surface area (Å²) in [4.78, 5) is 11.9. The molecule has 3 N–H and O–H groups in total. The van der Waals surface area contributed by atoms with Crippen LogP contribution >= 0.6 is 15.9 Å². The normalized spacial score (nSPS) is 15.8. The quantitative estimate of drug-likeness (QED) is 0.800. The number of nitrogens with two attached hydrogens (primary N) is 1. The van der Waals surface area contributed by atoms with Gasteiger partial charge in [0.2, 0.25) is 5.91 Å². The Morgan fingerprint density at radius 1 is 1.55 bits per heavy atom. The second-order valence-corrected chi connectivity index (χ2v) is 6.07. The van der Waals surface area contributed by atoms with Gasteiger partial charge in [-0.15, -0.1) is 0 Å². The van der Waals surface area contributed by atoms with Crippen molar-refractivity contribution in [2.75, 3.05) is 13.7 Å². The SMILES string of the molecule is COc1ccc(CCC(=O)NC(CN)C2CC2)cc1Br. The molecule has 1 aliphatic carbocycles. The smallest absolute Gasteiger partial charge is 0.220 e. The maximum Gasteiger partial charge on any atom is 0.220 e. The third-order valence-corrected chi connectivity index (χ3v) is 4.27. The van der Waals surface area contributed by atoms with Gasteiger partial charge >= 0.3 is 0 Å². The van der Waals surface area contributed by atoms with Gasteiger partial charge in [0.15, 0.2) is 0 Å². The Kier molecular flexibility index (Phi) is 5.43. The topological polar surface area (TPSA) is 64.3 Å². The third kappa shape index (κ3) is 4.21. The van der Waals surface area contributed by atoms with Crippen LogP contribution in [0.4, 0.5) is 0 Å². The predicted octanol–water partition coefficient (Wildman–Crippen LogP) is 2.24. The summed E-state index contributed by atoms with van der Waals surface area (Å²) in [5.41, 5.74) is 6.80. The van der Waals surface area contributed by atoms with Gasteiger partial charge in [0.1, 0.15) is 5.75 Å². The largest absolute Gasteiger partial charge is 0.496 e. The number of hydrogen-bond donors (Lipinski definition) is 2. The number of methoxy groups -OCH3 is 1. The van der Waals surface area contributed by atoms with E-state index in [4.69, 9.17) is 10.5 Å².